The lowest BCUT2D eigenvalue weighted by Gasteiger charge is -2.19. The van der Waals surface area contributed by atoms with Gasteiger partial charge in [-0.2, -0.15) is 0 Å². The van der Waals surface area contributed by atoms with Crippen molar-refractivity contribution >= 4 is 34.0 Å². The molecule has 0 saturated carbocycles. The van der Waals surface area contributed by atoms with Gasteiger partial charge in [-0.15, -0.1) is 11.3 Å². The number of likely N-dealkylation sites (N-methyl/N-ethyl adjacent to an activating group) is 1. The van der Waals surface area contributed by atoms with Gasteiger partial charge in [-0.25, -0.2) is 4.98 Å². The summed E-state index contributed by atoms with van der Waals surface area (Å²) in [5.74, 6) is -0.109. The number of hydrogen-bond donors (Lipinski definition) is 1. The molecule has 106 valence electrons. The number of carbonyl (C=O) groups is 1. The summed E-state index contributed by atoms with van der Waals surface area (Å²) in [5.41, 5.74) is 0.579. The highest BCUT2D eigenvalue weighted by atomic mass is 35.5. The Bertz CT molecular complexity index is 559. The van der Waals surface area contributed by atoms with Crippen LogP contribution in [0.4, 0.5) is 5.13 Å². The van der Waals surface area contributed by atoms with Crippen molar-refractivity contribution in [1.82, 2.24) is 10.3 Å². The van der Waals surface area contributed by atoms with E-state index in [0.29, 0.717) is 17.1 Å². The first kappa shape index (κ1) is 14.8. The normalized spacial score (nSPS) is 10.3. The van der Waals surface area contributed by atoms with Crippen molar-refractivity contribution in [3.8, 4) is 0 Å². The van der Waals surface area contributed by atoms with E-state index >= 15 is 0 Å². The van der Waals surface area contributed by atoms with Crippen LogP contribution in [0.3, 0.4) is 0 Å². The minimum atomic E-state index is -0.109. The molecule has 6 heteroatoms. The van der Waals surface area contributed by atoms with E-state index in [1.807, 2.05) is 5.38 Å². The Morgan fingerprint density at radius 1 is 1.50 bits per heavy atom. The van der Waals surface area contributed by atoms with Gasteiger partial charge in [0.25, 0.3) is 5.91 Å². The number of rotatable bonds is 6. The first-order chi connectivity index (χ1) is 9.70. The molecule has 1 N–H and O–H groups in total. The van der Waals surface area contributed by atoms with E-state index in [4.69, 9.17) is 11.6 Å². The average molecular weight is 310 g/mol. The zero-order valence-corrected chi connectivity index (χ0v) is 12.7. The number of benzene rings is 1. The van der Waals surface area contributed by atoms with Crippen molar-refractivity contribution in [2.45, 2.75) is 6.92 Å². The molecule has 0 saturated heterocycles. The summed E-state index contributed by atoms with van der Waals surface area (Å²) >= 11 is 7.47. The van der Waals surface area contributed by atoms with Gasteiger partial charge in [-0.3, -0.25) is 4.79 Å². The number of thiazole rings is 1. The zero-order valence-electron chi connectivity index (χ0n) is 11.2. The molecule has 2 aromatic rings. The number of hydrogen-bond acceptors (Lipinski definition) is 4. The summed E-state index contributed by atoms with van der Waals surface area (Å²) in [6.07, 6.45) is 1.78. The largest absolute Gasteiger partial charge is 0.350 e. The van der Waals surface area contributed by atoms with Crippen LogP contribution in [-0.2, 0) is 0 Å². The molecule has 0 aliphatic rings. The fraction of sp³-hybridized carbons (Fsp3) is 0.286. The molecule has 1 amide bonds. The summed E-state index contributed by atoms with van der Waals surface area (Å²) in [4.78, 5) is 18.3. The summed E-state index contributed by atoms with van der Waals surface area (Å²) in [7, 11) is 0. The van der Waals surface area contributed by atoms with Gasteiger partial charge in [-0.05, 0) is 25.1 Å². The second kappa shape index (κ2) is 7.26. The first-order valence-corrected chi connectivity index (χ1v) is 7.64. The van der Waals surface area contributed by atoms with Crippen LogP contribution in [0, 0.1) is 0 Å². The van der Waals surface area contributed by atoms with Crippen molar-refractivity contribution in [2.24, 2.45) is 0 Å². The average Bonchev–Trinajstić information content (AvgIpc) is 2.97. The molecule has 0 aliphatic heterocycles. The third-order valence-electron chi connectivity index (χ3n) is 2.83. The molecule has 0 bridgehead atoms. The van der Waals surface area contributed by atoms with Crippen molar-refractivity contribution in [2.75, 3.05) is 24.5 Å². The molecule has 0 atom stereocenters. The van der Waals surface area contributed by atoms with Gasteiger partial charge in [0.1, 0.15) is 0 Å². The SMILES string of the molecule is CCN(CCNC(=O)c1cccc(Cl)c1)c1nccs1. The highest BCUT2D eigenvalue weighted by molar-refractivity contribution is 7.13. The maximum absolute atomic E-state index is 12.0. The third kappa shape index (κ3) is 3.95. The van der Waals surface area contributed by atoms with E-state index < -0.39 is 0 Å². The third-order valence-corrected chi connectivity index (χ3v) is 3.89. The lowest BCUT2D eigenvalue weighted by Crippen LogP contribution is -2.34. The second-order valence-corrected chi connectivity index (χ2v) is 5.47. The topological polar surface area (TPSA) is 45.2 Å². The molecule has 20 heavy (non-hydrogen) atoms. The summed E-state index contributed by atoms with van der Waals surface area (Å²) < 4.78 is 0. The Kier molecular flexibility index (Phi) is 5.38. The monoisotopic (exact) mass is 309 g/mol. The maximum Gasteiger partial charge on any atom is 0.251 e. The first-order valence-electron chi connectivity index (χ1n) is 6.39. The lowest BCUT2D eigenvalue weighted by atomic mass is 10.2. The minimum Gasteiger partial charge on any atom is -0.350 e. The Hall–Kier alpha value is -1.59. The van der Waals surface area contributed by atoms with Crippen LogP contribution in [-0.4, -0.2) is 30.5 Å². The number of aromatic nitrogens is 1. The Labute approximate surface area is 127 Å². The van der Waals surface area contributed by atoms with Gasteiger partial charge in [0.2, 0.25) is 0 Å². The summed E-state index contributed by atoms with van der Waals surface area (Å²) in [6, 6.07) is 6.93. The lowest BCUT2D eigenvalue weighted by molar-refractivity contribution is 0.0954. The number of amides is 1. The fourth-order valence-corrected chi connectivity index (χ4v) is 2.72. The molecule has 1 aromatic carbocycles. The van der Waals surface area contributed by atoms with Crippen molar-refractivity contribution in [3.63, 3.8) is 0 Å². The predicted molar refractivity (Wildman–Crippen MR) is 83.8 cm³/mol. The number of anilines is 1. The molecular weight excluding hydrogens is 294 g/mol. The van der Waals surface area contributed by atoms with Gasteiger partial charge in [0.15, 0.2) is 5.13 Å². The van der Waals surface area contributed by atoms with Gasteiger partial charge in [0, 0.05) is 41.8 Å². The van der Waals surface area contributed by atoms with E-state index in [1.165, 1.54) is 0 Å². The van der Waals surface area contributed by atoms with E-state index in [2.05, 4.69) is 22.1 Å². The molecule has 0 aliphatic carbocycles. The van der Waals surface area contributed by atoms with Crippen LogP contribution in [0.2, 0.25) is 5.02 Å². The van der Waals surface area contributed by atoms with Gasteiger partial charge >= 0.3 is 0 Å². The molecule has 2 rings (SSSR count). The Balaban J connectivity index is 1.85. The van der Waals surface area contributed by atoms with E-state index in [1.54, 1.807) is 41.8 Å². The van der Waals surface area contributed by atoms with Gasteiger partial charge in [-0.1, -0.05) is 17.7 Å². The Morgan fingerprint density at radius 3 is 3.00 bits per heavy atom. The van der Waals surface area contributed by atoms with Crippen LogP contribution in [0.1, 0.15) is 17.3 Å². The minimum absolute atomic E-state index is 0.109. The highest BCUT2D eigenvalue weighted by Crippen LogP contribution is 2.16. The van der Waals surface area contributed by atoms with Gasteiger partial charge in [0.05, 0.1) is 0 Å². The molecule has 0 radical (unpaired) electrons. The molecule has 0 unspecified atom stereocenters. The van der Waals surface area contributed by atoms with Crippen molar-refractivity contribution in [1.29, 1.82) is 0 Å². The van der Waals surface area contributed by atoms with E-state index in [0.717, 1.165) is 18.2 Å². The number of nitrogens with zero attached hydrogens (tertiary/aromatic N) is 2. The standard InChI is InChI=1S/C14H16ClN3OS/c1-2-18(14-17-7-9-20-14)8-6-16-13(19)11-4-3-5-12(15)10-11/h3-5,7,9-10H,2,6,8H2,1H3,(H,16,19). The molecule has 4 nitrogen and oxygen atoms in total. The fourth-order valence-electron chi connectivity index (χ4n) is 1.80. The Morgan fingerprint density at radius 2 is 2.35 bits per heavy atom. The van der Waals surface area contributed by atoms with Crippen LogP contribution in [0.15, 0.2) is 35.8 Å². The van der Waals surface area contributed by atoms with E-state index in [-0.39, 0.29) is 5.91 Å². The second-order valence-electron chi connectivity index (χ2n) is 4.16. The van der Waals surface area contributed by atoms with Gasteiger partial charge < -0.3 is 10.2 Å². The van der Waals surface area contributed by atoms with Crippen LogP contribution in [0.25, 0.3) is 0 Å². The smallest absolute Gasteiger partial charge is 0.251 e. The van der Waals surface area contributed by atoms with Crippen molar-refractivity contribution < 1.29 is 4.79 Å². The molecule has 1 heterocycles. The zero-order chi connectivity index (χ0) is 14.4. The molecule has 0 spiro atoms. The molecule has 0 fully saturated rings. The highest BCUT2D eigenvalue weighted by Gasteiger charge is 2.08. The van der Waals surface area contributed by atoms with Crippen molar-refractivity contribution in [3.05, 3.63) is 46.4 Å². The number of halogens is 1. The summed E-state index contributed by atoms with van der Waals surface area (Å²) in [6.45, 7) is 4.23. The molecular formula is C14H16ClN3OS. The van der Waals surface area contributed by atoms with Crippen LogP contribution < -0.4 is 10.2 Å². The summed E-state index contributed by atoms with van der Waals surface area (Å²) in [5, 5.41) is 6.38. The maximum atomic E-state index is 12.0. The van der Waals surface area contributed by atoms with Crippen LogP contribution >= 0.6 is 22.9 Å². The number of carbonyl (C=O) groups excluding carboxylic acids is 1. The van der Waals surface area contributed by atoms with Crippen LogP contribution in [0.5, 0.6) is 0 Å². The van der Waals surface area contributed by atoms with E-state index in [9.17, 15) is 4.79 Å². The predicted octanol–water partition coefficient (Wildman–Crippen LogP) is 3.05. The number of nitrogens with one attached hydrogen (secondary N) is 1. The molecule has 1 aromatic heterocycles. The quantitative estimate of drug-likeness (QED) is 0.892.